The molecular formula is C20H12ClFN2O4. The van der Waals surface area contributed by atoms with Gasteiger partial charge in [0.05, 0.1) is 29.0 Å². The summed E-state index contributed by atoms with van der Waals surface area (Å²) in [6.07, 6.45) is 1.45. The number of fused-ring (bicyclic) bond motifs is 1. The van der Waals surface area contributed by atoms with E-state index < -0.39 is 23.5 Å². The number of rotatable bonds is 4. The molecule has 6 nitrogen and oxygen atoms in total. The Morgan fingerprint density at radius 1 is 1.07 bits per heavy atom. The lowest BCUT2D eigenvalue weighted by atomic mass is 10.1. The summed E-state index contributed by atoms with van der Waals surface area (Å²) in [7, 11) is 0. The van der Waals surface area contributed by atoms with Gasteiger partial charge in [0.15, 0.2) is 0 Å². The molecule has 0 fully saturated rings. The molecule has 2 aromatic carbocycles. The highest BCUT2D eigenvalue weighted by Crippen LogP contribution is 2.26. The van der Waals surface area contributed by atoms with Gasteiger partial charge in [-0.25, -0.2) is 4.39 Å². The van der Waals surface area contributed by atoms with E-state index in [0.29, 0.717) is 5.76 Å². The topological polar surface area (TPSA) is 79.6 Å². The molecule has 8 heteroatoms. The predicted molar refractivity (Wildman–Crippen MR) is 98.7 cm³/mol. The number of anilines is 1. The smallest absolute Gasteiger partial charge is 0.261 e. The van der Waals surface area contributed by atoms with Crippen molar-refractivity contribution in [2.75, 3.05) is 5.32 Å². The van der Waals surface area contributed by atoms with Gasteiger partial charge >= 0.3 is 0 Å². The van der Waals surface area contributed by atoms with E-state index in [-0.39, 0.29) is 33.9 Å². The lowest BCUT2D eigenvalue weighted by molar-refractivity contribution is 0.0631. The number of imide groups is 1. The first-order chi connectivity index (χ1) is 13.4. The molecular weight excluding hydrogens is 387 g/mol. The average molecular weight is 399 g/mol. The van der Waals surface area contributed by atoms with Gasteiger partial charge in [-0.05, 0) is 48.5 Å². The maximum atomic E-state index is 13.5. The van der Waals surface area contributed by atoms with Crippen molar-refractivity contribution >= 4 is 35.0 Å². The Balaban J connectivity index is 1.57. The summed E-state index contributed by atoms with van der Waals surface area (Å²) in [5.74, 6) is -1.71. The molecule has 4 rings (SSSR count). The third-order valence-corrected chi connectivity index (χ3v) is 4.61. The van der Waals surface area contributed by atoms with E-state index in [0.717, 1.165) is 11.0 Å². The minimum atomic E-state index is -0.664. The second-order valence-corrected chi connectivity index (χ2v) is 6.53. The Bertz CT molecular complexity index is 1110. The largest absolute Gasteiger partial charge is 0.467 e. The number of carbonyl (C=O) groups excluding carboxylic acids is 3. The number of furan rings is 1. The van der Waals surface area contributed by atoms with Gasteiger partial charge in [-0.1, -0.05) is 11.6 Å². The molecule has 2 heterocycles. The number of benzene rings is 2. The molecule has 1 aliphatic rings. The Kier molecular flexibility index (Phi) is 4.44. The van der Waals surface area contributed by atoms with Crippen molar-refractivity contribution < 1.29 is 23.2 Å². The molecule has 3 amide bonds. The minimum Gasteiger partial charge on any atom is -0.467 e. The fourth-order valence-corrected chi connectivity index (χ4v) is 3.03. The number of halogens is 2. The fraction of sp³-hybridized carbons (Fsp3) is 0.0500. The molecule has 1 N–H and O–H groups in total. The standard InChI is InChI=1S/C20H12ClFN2O4/c21-16-6-4-12(9-17(16)22)23-18(25)11-3-5-14-15(8-11)20(27)24(19(14)26)10-13-2-1-7-28-13/h1-9H,10H2,(H,23,25). The highest BCUT2D eigenvalue weighted by molar-refractivity contribution is 6.30. The van der Waals surface area contributed by atoms with E-state index in [1.807, 2.05) is 0 Å². The van der Waals surface area contributed by atoms with Gasteiger partial charge in [0.1, 0.15) is 11.6 Å². The van der Waals surface area contributed by atoms with Crippen molar-refractivity contribution in [3.05, 3.63) is 88.1 Å². The predicted octanol–water partition coefficient (Wildman–Crippen LogP) is 4.12. The van der Waals surface area contributed by atoms with E-state index in [1.54, 1.807) is 12.1 Å². The van der Waals surface area contributed by atoms with Crippen molar-refractivity contribution in [2.24, 2.45) is 0 Å². The van der Waals surface area contributed by atoms with Crippen LogP contribution in [0.5, 0.6) is 0 Å². The van der Waals surface area contributed by atoms with Crippen LogP contribution in [0.25, 0.3) is 0 Å². The molecule has 0 spiro atoms. The summed E-state index contributed by atoms with van der Waals surface area (Å²) >= 11 is 5.62. The summed E-state index contributed by atoms with van der Waals surface area (Å²) in [5.41, 5.74) is 0.724. The summed E-state index contributed by atoms with van der Waals surface area (Å²) in [4.78, 5) is 38.6. The number of nitrogens with one attached hydrogen (secondary N) is 1. The third-order valence-electron chi connectivity index (χ3n) is 4.30. The van der Waals surface area contributed by atoms with Gasteiger partial charge < -0.3 is 9.73 Å². The number of hydrogen-bond acceptors (Lipinski definition) is 4. The van der Waals surface area contributed by atoms with E-state index in [1.165, 1.54) is 36.6 Å². The second kappa shape index (κ2) is 6.94. The monoisotopic (exact) mass is 398 g/mol. The van der Waals surface area contributed by atoms with Crippen LogP contribution in [0.3, 0.4) is 0 Å². The lowest BCUT2D eigenvalue weighted by Gasteiger charge is -2.11. The number of nitrogens with zero attached hydrogens (tertiary/aromatic N) is 1. The summed E-state index contributed by atoms with van der Waals surface area (Å²) in [5, 5.41) is 2.47. The zero-order valence-electron chi connectivity index (χ0n) is 14.2. The molecule has 0 atom stereocenters. The zero-order chi connectivity index (χ0) is 19.8. The highest BCUT2D eigenvalue weighted by atomic mass is 35.5. The van der Waals surface area contributed by atoms with Crippen LogP contribution in [0.15, 0.2) is 59.2 Å². The van der Waals surface area contributed by atoms with Crippen LogP contribution in [0, 0.1) is 5.82 Å². The maximum Gasteiger partial charge on any atom is 0.261 e. The zero-order valence-corrected chi connectivity index (χ0v) is 15.0. The third kappa shape index (κ3) is 3.16. The van der Waals surface area contributed by atoms with Gasteiger partial charge in [-0.15, -0.1) is 0 Å². The molecule has 0 aliphatic carbocycles. The van der Waals surface area contributed by atoms with Crippen LogP contribution in [-0.2, 0) is 6.54 Å². The Labute approximate surface area is 163 Å². The van der Waals surface area contributed by atoms with Crippen molar-refractivity contribution in [1.82, 2.24) is 4.90 Å². The first-order valence-electron chi connectivity index (χ1n) is 8.23. The van der Waals surface area contributed by atoms with Crippen molar-refractivity contribution in [3.63, 3.8) is 0 Å². The van der Waals surface area contributed by atoms with Crippen molar-refractivity contribution in [3.8, 4) is 0 Å². The summed E-state index contributed by atoms with van der Waals surface area (Å²) < 4.78 is 18.7. The molecule has 0 bridgehead atoms. The second-order valence-electron chi connectivity index (χ2n) is 6.12. The van der Waals surface area contributed by atoms with Gasteiger partial charge in [-0.3, -0.25) is 19.3 Å². The van der Waals surface area contributed by atoms with E-state index in [4.69, 9.17) is 16.0 Å². The number of amides is 3. The SMILES string of the molecule is O=C(Nc1ccc(Cl)c(F)c1)c1ccc2c(c1)C(=O)N(Cc1ccco1)C2=O. The molecule has 140 valence electrons. The molecule has 0 saturated heterocycles. The van der Waals surface area contributed by atoms with Crippen molar-refractivity contribution in [1.29, 1.82) is 0 Å². The minimum absolute atomic E-state index is 0.00489. The van der Waals surface area contributed by atoms with Crippen LogP contribution in [-0.4, -0.2) is 22.6 Å². The van der Waals surface area contributed by atoms with E-state index in [9.17, 15) is 18.8 Å². The van der Waals surface area contributed by atoms with Crippen LogP contribution in [0.4, 0.5) is 10.1 Å². The Morgan fingerprint density at radius 3 is 2.57 bits per heavy atom. The molecule has 1 aliphatic heterocycles. The summed E-state index contributed by atoms with van der Waals surface area (Å²) in [6.45, 7) is 0.00489. The maximum absolute atomic E-state index is 13.5. The quantitative estimate of drug-likeness (QED) is 0.670. The normalized spacial score (nSPS) is 13.0. The number of hydrogen-bond donors (Lipinski definition) is 1. The molecule has 0 unspecified atom stereocenters. The molecule has 28 heavy (non-hydrogen) atoms. The summed E-state index contributed by atoms with van der Waals surface area (Å²) in [6, 6.07) is 11.4. The van der Waals surface area contributed by atoms with E-state index >= 15 is 0 Å². The first kappa shape index (κ1) is 17.9. The Hall–Kier alpha value is -3.45. The number of carbonyl (C=O) groups is 3. The molecule has 0 saturated carbocycles. The van der Waals surface area contributed by atoms with Gasteiger partial charge in [0, 0.05) is 11.3 Å². The van der Waals surface area contributed by atoms with Gasteiger partial charge in [0.2, 0.25) is 0 Å². The average Bonchev–Trinajstić information content (AvgIpc) is 3.28. The highest BCUT2D eigenvalue weighted by Gasteiger charge is 2.36. The van der Waals surface area contributed by atoms with Crippen molar-refractivity contribution in [2.45, 2.75) is 6.54 Å². The molecule has 1 aromatic heterocycles. The first-order valence-corrected chi connectivity index (χ1v) is 8.61. The Morgan fingerprint density at radius 2 is 1.86 bits per heavy atom. The van der Waals surface area contributed by atoms with Crippen LogP contribution >= 0.6 is 11.6 Å². The van der Waals surface area contributed by atoms with E-state index in [2.05, 4.69) is 5.32 Å². The lowest BCUT2D eigenvalue weighted by Crippen LogP contribution is -2.28. The van der Waals surface area contributed by atoms with Crippen LogP contribution in [0.1, 0.15) is 36.8 Å². The van der Waals surface area contributed by atoms with Crippen LogP contribution in [0.2, 0.25) is 5.02 Å². The molecule has 0 radical (unpaired) electrons. The van der Waals surface area contributed by atoms with Crippen LogP contribution < -0.4 is 5.32 Å². The fourth-order valence-electron chi connectivity index (χ4n) is 2.91. The van der Waals surface area contributed by atoms with Gasteiger partial charge in [0.25, 0.3) is 17.7 Å². The van der Waals surface area contributed by atoms with Gasteiger partial charge in [-0.2, -0.15) is 0 Å². The molecule has 3 aromatic rings.